The van der Waals surface area contributed by atoms with Crippen molar-refractivity contribution in [2.45, 2.75) is 38.9 Å². The van der Waals surface area contributed by atoms with Crippen LogP contribution in [-0.4, -0.2) is 71.6 Å². The van der Waals surface area contributed by atoms with Crippen LogP contribution in [-0.2, 0) is 13.3 Å². The second-order valence-electron chi connectivity index (χ2n) is 9.94. The summed E-state index contributed by atoms with van der Waals surface area (Å²) < 4.78 is 41.8. The van der Waals surface area contributed by atoms with E-state index in [0.717, 1.165) is 10.7 Å². The molecule has 9 nitrogen and oxygen atoms in total. The first-order chi connectivity index (χ1) is 18.1. The minimum atomic E-state index is -1.41. The highest BCUT2D eigenvalue weighted by Crippen LogP contribution is 2.32. The second-order valence-corrected chi connectivity index (χ2v) is 9.94. The molecule has 4 aromatic rings. The Morgan fingerprint density at radius 2 is 1.79 bits per heavy atom. The van der Waals surface area contributed by atoms with Crippen molar-refractivity contribution in [2.75, 3.05) is 31.1 Å². The first kappa shape index (κ1) is 26.0. The zero-order chi connectivity index (χ0) is 27.0. The van der Waals surface area contributed by atoms with Gasteiger partial charge in [0.25, 0.3) is 0 Å². The van der Waals surface area contributed by atoms with E-state index in [9.17, 15) is 23.4 Å². The van der Waals surface area contributed by atoms with Crippen LogP contribution in [0.25, 0.3) is 22.3 Å². The molecular formula is C26H28F3N7O2. The molecule has 1 saturated heterocycles. The number of fused-ring (bicyclic) bond motifs is 1. The van der Waals surface area contributed by atoms with Crippen molar-refractivity contribution in [3.05, 3.63) is 65.7 Å². The maximum atomic E-state index is 14.1. The Labute approximate surface area is 217 Å². The zero-order valence-corrected chi connectivity index (χ0v) is 21.0. The molecule has 1 aliphatic rings. The van der Waals surface area contributed by atoms with Gasteiger partial charge in [-0.3, -0.25) is 9.88 Å². The highest BCUT2D eigenvalue weighted by atomic mass is 19.1. The van der Waals surface area contributed by atoms with E-state index in [0.29, 0.717) is 66.4 Å². The number of piperazine rings is 1. The third kappa shape index (κ3) is 5.33. The Bertz CT molecular complexity index is 1450. The highest BCUT2D eigenvalue weighted by molar-refractivity contribution is 5.83. The van der Waals surface area contributed by atoms with Gasteiger partial charge in [0.15, 0.2) is 12.6 Å². The van der Waals surface area contributed by atoms with Crippen molar-refractivity contribution in [1.82, 2.24) is 29.6 Å². The lowest BCUT2D eigenvalue weighted by atomic mass is 9.98. The summed E-state index contributed by atoms with van der Waals surface area (Å²) in [6.07, 6.45) is 3.32. The number of hydrogen-bond acceptors (Lipinski definition) is 8. The van der Waals surface area contributed by atoms with Crippen LogP contribution in [0.2, 0.25) is 0 Å². The summed E-state index contributed by atoms with van der Waals surface area (Å²) in [5.41, 5.74) is 1.28. The number of aliphatic hydroxyl groups is 2. The summed E-state index contributed by atoms with van der Waals surface area (Å²) in [6, 6.07) is 5.18. The molecule has 200 valence electrons. The fourth-order valence-corrected chi connectivity index (χ4v) is 4.45. The van der Waals surface area contributed by atoms with Gasteiger partial charge < -0.3 is 15.1 Å². The molecule has 0 unspecified atom stereocenters. The normalized spacial score (nSPS) is 15.8. The summed E-state index contributed by atoms with van der Waals surface area (Å²) in [5, 5.41) is 24.7. The van der Waals surface area contributed by atoms with Crippen LogP contribution in [0.5, 0.6) is 0 Å². The van der Waals surface area contributed by atoms with Crippen LogP contribution in [0.1, 0.15) is 31.2 Å². The molecule has 0 bridgehead atoms. The minimum absolute atomic E-state index is 0.249. The van der Waals surface area contributed by atoms with Crippen molar-refractivity contribution in [3.63, 3.8) is 0 Å². The number of nitrogens with zero attached hydrogens (tertiary/aromatic N) is 7. The van der Waals surface area contributed by atoms with E-state index >= 15 is 0 Å². The predicted molar refractivity (Wildman–Crippen MR) is 135 cm³/mol. The summed E-state index contributed by atoms with van der Waals surface area (Å²) >= 11 is 0. The van der Waals surface area contributed by atoms with Crippen LogP contribution < -0.4 is 4.90 Å². The van der Waals surface area contributed by atoms with E-state index in [1.165, 1.54) is 38.4 Å². The summed E-state index contributed by atoms with van der Waals surface area (Å²) in [6.45, 7) is 4.88. The van der Waals surface area contributed by atoms with Crippen molar-refractivity contribution in [3.8, 4) is 11.3 Å². The molecule has 0 radical (unpaired) electrons. The third-order valence-electron chi connectivity index (χ3n) is 6.61. The maximum Gasteiger partial charge on any atom is 0.181 e. The lowest BCUT2D eigenvalue weighted by Gasteiger charge is -2.36. The second kappa shape index (κ2) is 10.3. The molecule has 0 amide bonds. The molecule has 38 heavy (non-hydrogen) atoms. The summed E-state index contributed by atoms with van der Waals surface area (Å²) in [7, 11) is 0. The SMILES string of the molecule is CC(C)(O)[C@@H](O)c1cc2nc(-c3cnn(CF)c3)c(N3CCN(Cc4ccc(F)cc4F)CC3)nc2cn1. The van der Waals surface area contributed by atoms with Gasteiger partial charge >= 0.3 is 0 Å². The number of benzene rings is 1. The highest BCUT2D eigenvalue weighted by Gasteiger charge is 2.29. The summed E-state index contributed by atoms with van der Waals surface area (Å²) in [4.78, 5) is 18.0. The molecule has 1 aliphatic heterocycles. The van der Waals surface area contributed by atoms with Gasteiger partial charge in [-0.1, -0.05) is 6.07 Å². The number of alkyl halides is 1. The Balaban J connectivity index is 1.45. The van der Waals surface area contributed by atoms with Gasteiger partial charge in [0, 0.05) is 56.1 Å². The van der Waals surface area contributed by atoms with Crippen molar-refractivity contribution in [2.24, 2.45) is 0 Å². The fraction of sp³-hybridized carbons (Fsp3) is 0.385. The van der Waals surface area contributed by atoms with Crippen molar-refractivity contribution < 1.29 is 23.4 Å². The fourth-order valence-electron chi connectivity index (χ4n) is 4.45. The molecule has 4 heterocycles. The van der Waals surface area contributed by atoms with Gasteiger partial charge in [0.1, 0.15) is 28.9 Å². The lowest BCUT2D eigenvalue weighted by Crippen LogP contribution is -2.46. The molecule has 0 aliphatic carbocycles. The quantitative estimate of drug-likeness (QED) is 0.378. The molecule has 1 atom stereocenters. The first-order valence-corrected chi connectivity index (χ1v) is 12.2. The molecule has 1 aromatic carbocycles. The van der Waals surface area contributed by atoms with Crippen LogP contribution in [0, 0.1) is 11.6 Å². The van der Waals surface area contributed by atoms with Crippen LogP contribution in [0.3, 0.4) is 0 Å². The van der Waals surface area contributed by atoms with Gasteiger partial charge in [0.2, 0.25) is 0 Å². The average Bonchev–Trinajstić information content (AvgIpc) is 3.38. The summed E-state index contributed by atoms with van der Waals surface area (Å²) in [5.74, 6) is -0.603. The molecule has 0 saturated carbocycles. The van der Waals surface area contributed by atoms with E-state index in [2.05, 4.69) is 15.0 Å². The monoisotopic (exact) mass is 527 g/mol. The molecule has 2 N–H and O–H groups in total. The van der Waals surface area contributed by atoms with Crippen LogP contribution in [0.4, 0.5) is 19.0 Å². The third-order valence-corrected chi connectivity index (χ3v) is 6.61. The predicted octanol–water partition coefficient (Wildman–Crippen LogP) is 3.22. The number of aliphatic hydroxyl groups excluding tert-OH is 1. The van der Waals surface area contributed by atoms with E-state index in [1.807, 2.05) is 4.90 Å². The number of anilines is 1. The number of hydrogen-bond donors (Lipinski definition) is 2. The molecule has 3 aromatic heterocycles. The van der Waals surface area contributed by atoms with Gasteiger partial charge in [-0.15, -0.1) is 0 Å². The van der Waals surface area contributed by atoms with Gasteiger partial charge in [-0.05, 0) is 26.0 Å². The van der Waals surface area contributed by atoms with E-state index in [-0.39, 0.29) is 5.69 Å². The minimum Gasteiger partial charge on any atom is -0.387 e. The van der Waals surface area contributed by atoms with Crippen LogP contribution >= 0.6 is 0 Å². The maximum absolute atomic E-state index is 14.1. The van der Waals surface area contributed by atoms with E-state index < -0.39 is 30.1 Å². The zero-order valence-electron chi connectivity index (χ0n) is 21.0. The number of halogens is 3. The Morgan fingerprint density at radius 1 is 1.03 bits per heavy atom. The van der Waals surface area contributed by atoms with E-state index in [1.54, 1.807) is 12.3 Å². The Kier molecular flexibility index (Phi) is 7.03. The topological polar surface area (TPSA) is 103 Å². The largest absolute Gasteiger partial charge is 0.387 e. The van der Waals surface area contributed by atoms with Gasteiger partial charge in [-0.25, -0.2) is 27.8 Å². The standard InChI is InChI=1S/C26H28F3N7O2/c1-26(2,38)24(37)21-10-20-22(12-30-21)33-25(23(32-20)17-11-31-36(14-17)15-27)35-7-5-34(6-8-35)13-16-3-4-18(28)9-19(16)29/h3-4,9-12,14,24,37-38H,5-8,13,15H2,1-2H3/t24-/m0/s1. The molecule has 1 fully saturated rings. The van der Waals surface area contributed by atoms with Crippen molar-refractivity contribution in [1.29, 1.82) is 0 Å². The van der Waals surface area contributed by atoms with E-state index in [4.69, 9.17) is 9.97 Å². The lowest BCUT2D eigenvalue weighted by molar-refractivity contribution is -0.0516. The molecule has 0 spiro atoms. The van der Waals surface area contributed by atoms with Crippen LogP contribution in [0.15, 0.2) is 42.9 Å². The van der Waals surface area contributed by atoms with Gasteiger partial charge in [0.05, 0.1) is 29.2 Å². The number of rotatable bonds is 7. The Morgan fingerprint density at radius 3 is 2.45 bits per heavy atom. The Hall–Kier alpha value is -3.61. The van der Waals surface area contributed by atoms with Gasteiger partial charge in [-0.2, -0.15) is 5.10 Å². The molecule has 12 heteroatoms. The number of aromatic nitrogens is 5. The smallest absolute Gasteiger partial charge is 0.181 e. The number of pyridine rings is 1. The average molecular weight is 528 g/mol. The first-order valence-electron chi connectivity index (χ1n) is 12.2. The molecular weight excluding hydrogens is 499 g/mol. The van der Waals surface area contributed by atoms with Crippen molar-refractivity contribution >= 4 is 16.9 Å². The molecule has 5 rings (SSSR count).